The molecule has 1 aromatic heterocycles. The van der Waals surface area contributed by atoms with Gasteiger partial charge in [-0.3, -0.25) is 5.10 Å². The van der Waals surface area contributed by atoms with Crippen LogP contribution in [-0.4, -0.2) is 35.4 Å². The molecule has 2 aromatic rings. The molecule has 0 amide bonds. The highest BCUT2D eigenvalue weighted by molar-refractivity contribution is 5.57. The van der Waals surface area contributed by atoms with E-state index in [2.05, 4.69) is 20.5 Å². The summed E-state index contributed by atoms with van der Waals surface area (Å²) in [6.45, 7) is 1.96. The van der Waals surface area contributed by atoms with E-state index >= 15 is 0 Å². The third-order valence-corrected chi connectivity index (χ3v) is 3.00. The summed E-state index contributed by atoms with van der Waals surface area (Å²) in [5, 5.41) is 10.5. The van der Waals surface area contributed by atoms with Gasteiger partial charge in [-0.1, -0.05) is 12.1 Å². The van der Waals surface area contributed by atoms with Crippen LogP contribution in [-0.2, 0) is 0 Å². The molecule has 0 radical (unpaired) electrons. The molecule has 5 nitrogen and oxygen atoms in total. The molecule has 1 fully saturated rings. The largest absolute Gasteiger partial charge is 0.497 e. The van der Waals surface area contributed by atoms with E-state index in [9.17, 15) is 0 Å². The Balaban J connectivity index is 1.89. The molecule has 2 heterocycles. The molecule has 0 spiro atoms. The van der Waals surface area contributed by atoms with Gasteiger partial charge < -0.3 is 10.1 Å². The number of aromatic amines is 1. The summed E-state index contributed by atoms with van der Waals surface area (Å²) in [5.41, 5.74) is 0.971. The summed E-state index contributed by atoms with van der Waals surface area (Å²) in [6.07, 6.45) is 0. The van der Waals surface area contributed by atoms with Gasteiger partial charge in [0.25, 0.3) is 0 Å². The minimum atomic E-state index is 0.474. The summed E-state index contributed by atoms with van der Waals surface area (Å²) in [6, 6.07) is 7.77. The van der Waals surface area contributed by atoms with Crippen molar-refractivity contribution in [3.05, 3.63) is 30.1 Å². The van der Waals surface area contributed by atoms with E-state index < -0.39 is 0 Å². The van der Waals surface area contributed by atoms with Gasteiger partial charge in [0.15, 0.2) is 5.82 Å². The smallest absolute Gasteiger partial charge is 0.181 e. The highest BCUT2D eigenvalue weighted by atomic mass is 16.5. The predicted octanol–water partition coefficient (Wildman–Crippen LogP) is 1.17. The predicted molar refractivity (Wildman–Crippen MR) is 64.0 cm³/mol. The second kappa shape index (κ2) is 4.18. The van der Waals surface area contributed by atoms with Crippen LogP contribution in [0.3, 0.4) is 0 Å². The van der Waals surface area contributed by atoms with Crippen molar-refractivity contribution in [3.63, 3.8) is 0 Å². The van der Waals surface area contributed by atoms with E-state index in [1.165, 1.54) is 0 Å². The SMILES string of the molecule is COc1cccc(-c2n[nH]c(C3CNC3)n2)c1. The molecule has 2 N–H and O–H groups in total. The van der Waals surface area contributed by atoms with Gasteiger partial charge in [0.05, 0.1) is 7.11 Å². The van der Waals surface area contributed by atoms with Gasteiger partial charge in [0.2, 0.25) is 0 Å². The van der Waals surface area contributed by atoms with Gasteiger partial charge in [-0.25, -0.2) is 4.98 Å². The highest BCUT2D eigenvalue weighted by Crippen LogP contribution is 2.23. The van der Waals surface area contributed by atoms with Gasteiger partial charge in [-0.15, -0.1) is 0 Å². The number of aromatic nitrogens is 3. The lowest BCUT2D eigenvalue weighted by atomic mass is 10.0. The first-order chi connectivity index (χ1) is 8.36. The normalized spacial score (nSPS) is 15.6. The summed E-state index contributed by atoms with van der Waals surface area (Å²) in [5.74, 6) is 2.98. The summed E-state index contributed by atoms with van der Waals surface area (Å²) in [4.78, 5) is 4.52. The molecule has 17 heavy (non-hydrogen) atoms. The molecule has 0 bridgehead atoms. The molecule has 0 unspecified atom stereocenters. The topological polar surface area (TPSA) is 62.8 Å². The van der Waals surface area contributed by atoms with E-state index in [1.807, 2.05) is 24.3 Å². The zero-order valence-corrected chi connectivity index (χ0v) is 9.60. The molecule has 1 saturated heterocycles. The van der Waals surface area contributed by atoms with E-state index in [-0.39, 0.29) is 0 Å². The van der Waals surface area contributed by atoms with Gasteiger partial charge in [0.1, 0.15) is 11.6 Å². The first kappa shape index (κ1) is 10.3. The molecule has 0 saturated carbocycles. The molecule has 0 aliphatic carbocycles. The third kappa shape index (κ3) is 1.89. The molecule has 0 atom stereocenters. The number of nitrogens with zero attached hydrogens (tertiary/aromatic N) is 2. The molecule has 5 heteroatoms. The number of nitrogens with one attached hydrogen (secondary N) is 2. The van der Waals surface area contributed by atoms with Crippen molar-refractivity contribution in [3.8, 4) is 17.1 Å². The lowest BCUT2D eigenvalue weighted by Gasteiger charge is -2.24. The van der Waals surface area contributed by atoms with Crippen LogP contribution in [0.2, 0.25) is 0 Å². The standard InChI is InChI=1S/C12H14N4O/c1-17-10-4-2-3-8(5-10)11-14-12(16-15-11)9-6-13-7-9/h2-5,9,13H,6-7H2,1H3,(H,14,15,16). The van der Waals surface area contributed by atoms with Crippen LogP contribution in [0.15, 0.2) is 24.3 Å². The highest BCUT2D eigenvalue weighted by Gasteiger charge is 2.22. The lowest BCUT2D eigenvalue weighted by molar-refractivity contribution is 0.415. The van der Waals surface area contributed by atoms with Crippen molar-refractivity contribution in [1.82, 2.24) is 20.5 Å². The van der Waals surface area contributed by atoms with Gasteiger partial charge in [-0.2, -0.15) is 5.10 Å². The van der Waals surface area contributed by atoms with Crippen LogP contribution < -0.4 is 10.1 Å². The van der Waals surface area contributed by atoms with E-state index in [1.54, 1.807) is 7.11 Å². The van der Waals surface area contributed by atoms with E-state index in [4.69, 9.17) is 4.74 Å². The number of hydrogen-bond donors (Lipinski definition) is 2. The van der Waals surface area contributed by atoms with Crippen molar-refractivity contribution in [1.29, 1.82) is 0 Å². The van der Waals surface area contributed by atoms with Gasteiger partial charge >= 0.3 is 0 Å². The number of rotatable bonds is 3. The Labute approximate surface area is 99.2 Å². The van der Waals surface area contributed by atoms with Crippen LogP contribution in [0, 0.1) is 0 Å². The molecule has 88 valence electrons. The number of hydrogen-bond acceptors (Lipinski definition) is 4. The minimum Gasteiger partial charge on any atom is -0.497 e. The fourth-order valence-corrected chi connectivity index (χ4v) is 1.83. The zero-order valence-electron chi connectivity index (χ0n) is 9.60. The first-order valence-electron chi connectivity index (χ1n) is 5.64. The molecule has 3 rings (SSSR count). The second-order valence-electron chi connectivity index (χ2n) is 4.13. The molecule has 1 aromatic carbocycles. The average Bonchev–Trinajstić information content (AvgIpc) is 2.76. The Hall–Kier alpha value is -1.88. The van der Waals surface area contributed by atoms with E-state index in [0.717, 1.165) is 36.1 Å². The minimum absolute atomic E-state index is 0.474. The second-order valence-corrected chi connectivity index (χ2v) is 4.13. The maximum Gasteiger partial charge on any atom is 0.181 e. The Bertz CT molecular complexity index is 519. The Morgan fingerprint density at radius 3 is 2.94 bits per heavy atom. The fraction of sp³-hybridized carbons (Fsp3) is 0.333. The van der Waals surface area contributed by atoms with Crippen molar-refractivity contribution < 1.29 is 4.74 Å². The Morgan fingerprint density at radius 1 is 1.35 bits per heavy atom. The van der Waals surface area contributed by atoms with Gasteiger partial charge in [-0.05, 0) is 12.1 Å². The Morgan fingerprint density at radius 2 is 2.24 bits per heavy atom. The molecular weight excluding hydrogens is 216 g/mol. The quantitative estimate of drug-likeness (QED) is 0.830. The summed E-state index contributed by atoms with van der Waals surface area (Å²) < 4.78 is 5.19. The van der Waals surface area contributed by atoms with Crippen LogP contribution in [0.25, 0.3) is 11.4 Å². The third-order valence-electron chi connectivity index (χ3n) is 3.00. The van der Waals surface area contributed by atoms with E-state index in [0.29, 0.717) is 5.92 Å². The molecular formula is C12H14N4O. The van der Waals surface area contributed by atoms with Crippen LogP contribution >= 0.6 is 0 Å². The van der Waals surface area contributed by atoms with Crippen molar-refractivity contribution in [2.75, 3.05) is 20.2 Å². The zero-order chi connectivity index (χ0) is 11.7. The summed E-state index contributed by atoms with van der Waals surface area (Å²) >= 11 is 0. The lowest BCUT2D eigenvalue weighted by Crippen LogP contribution is -2.40. The number of methoxy groups -OCH3 is 1. The van der Waals surface area contributed by atoms with Crippen LogP contribution in [0.5, 0.6) is 5.75 Å². The maximum absolute atomic E-state index is 5.19. The van der Waals surface area contributed by atoms with Crippen LogP contribution in [0.4, 0.5) is 0 Å². The van der Waals surface area contributed by atoms with Crippen molar-refractivity contribution >= 4 is 0 Å². The van der Waals surface area contributed by atoms with Crippen molar-refractivity contribution in [2.45, 2.75) is 5.92 Å². The maximum atomic E-state index is 5.19. The first-order valence-corrected chi connectivity index (χ1v) is 5.64. The van der Waals surface area contributed by atoms with Crippen LogP contribution in [0.1, 0.15) is 11.7 Å². The fourth-order valence-electron chi connectivity index (χ4n) is 1.83. The molecule has 1 aliphatic rings. The number of benzene rings is 1. The molecule has 1 aliphatic heterocycles. The number of ether oxygens (including phenoxy) is 1. The Kier molecular flexibility index (Phi) is 2.53. The monoisotopic (exact) mass is 230 g/mol. The average molecular weight is 230 g/mol. The van der Waals surface area contributed by atoms with Gasteiger partial charge in [0, 0.05) is 24.6 Å². The van der Waals surface area contributed by atoms with Crippen molar-refractivity contribution in [2.24, 2.45) is 0 Å². The summed E-state index contributed by atoms with van der Waals surface area (Å²) in [7, 11) is 1.66. The number of H-pyrrole nitrogens is 1.